The van der Waals surface area contributed by atoms with Crippen molar-refractivity contribution in [1.29, 1.82) is 0 Å². The topological polar surface area (TPSA) is 65.1 Å². The van der Waals surface area contributed by atoms with Crippen LogP contribution >= 0.6 is 0 Å². The predicted molar refractivity (Wildman–Crippen MR) is 84.2 cm³/mol. The van der Waals surface area contributed by atoms with Crippen LogP contribution in [0.1, 0.15) is 24.8 Å². The van der Waals surface area contributed by atoms with Crippen LogP contribution in [0.4, 0.5) is 0 Å². The zero-order valence-corrected chi connectivity index (χ0v) is 12.1. The molecule has 21 heavy (non-hydrogen) atoms. The highest BCUT2D eigenvalue weighted by molar-refractivity contribution is 5.78. The van der Waals surface area contributed by atoms with Crippen LogP contribution in [0, 0.1) is 11.8 Å². The van der Waals surface area contributed by atoms with Crippen molar-refractivity contribution in [2.45, 2.75) is 25.8 Å². The van der Waals surface area contributed by atoms with Crippen LogP contribution < -0.4 is 10.9 Å². The van der Waals surface area contributed by atoms with Crippen LogP contribution in [0.2, 0.25) is 0 Å². The molecule has 1 aliphatic carbocycles. The zero-order chi connectivity index (χ0) is 14.7. The van der Waals surface area contributed by atoms with E-state index in [0.717, 1.165) is 29.4 Å². The Balaban J connectivity index is 1.65. The van der Waals surface area contributed by atoms with Crippen molar-refractivity contribution >= 4 is 10.9 Å². The van der Waals surface area contributed by atoms with E-state index in [4.69, 9.17) is 0 Å². The Morgan fingerprint density at radius 3 is 2.90 bits per heavy atom. The number of rotatable bonds is 5. The third kappa shape index (κ3) is 3.17. The van der Waals surface area contributed by atoms with Gasteiger partial charge in [0.15, 0.2) is 0 Å². The van der Waals surface area contributed by atoms with E-state index >= 15 is 0 Å². The van der Waals surface area contributed by atoms with E-state index in [0.29, 0.717) is 18.4 Å². The van der Waals surface area contributed by atoms with Gasteiger partial charge in [-0.15, -0.1) is 0 Å². The largest absolute Gasteiger partial charge is 0.396 e. The summed E-state index contributed by atoms with van der Waals surface area (Å²) in [4.78, 5) is 15.0. The Morgan fingerprint density at radius 2 is 2.05 bits per heavy atom. The van der Waals surface area contributed by atoms with Gasteiger partial charge in [0.05, 0.1) is 0 Å². The number of aromatic amines is 1. The molecule has 2 atom stereocenters. The van der Waals surface area contributed by atoms with Gasteiger partial charge < -0.3 is 15.4 Å². The van der Waals surface area contributed by atoms with E-state index < -0.39 is 0 Å². The van der Waals surface area contributed by atoms with Crippen LogP contribution in [0.25, 0.3) is 10.9 Å². The second-order valence-corrected chi connectivity index (χ2v) is 5.98. The summed E-state index contributed by atoms with van der Waals surface area (Å²) in [6, 6.07) is 9.78. The maximum atomic E-state index is 12.0. The molecule has 0 saturated heterocycles. The van der Waals surface area contributed by atoms with Crippen LogP contribution in [-0.4, -0.2) is 23.2 Å². The highest BCUT2D eigenvalue weighted by Gasteiger charge is 2.25. The highest BCUT2D eigenvalue weighted by Crippen LogP contribution is 2.30. The van der Waals surface area contributed by atoms with E-state index in [2.05, 4.69) is 10.3 Å². The number of benzene rings is 1. The maximum Gasteiger partial charge on any atom is 0.252 e. The third-order valence-electron chi connectivity index (χ3n) is 4.60. The first-order valence-corrected chi connectivity index (χ1v) is 7.70. The summed E-state index contributed by atoms with van der Waals surface area (Å²) < 4.78 is 0. The molecule has 1 fully saturated rings. The number of hydrogen-bond acceptors (Lipinski definition) is 3. The number of fused-ring (bicyclic) bond motifs is 1. The van der Waals surface area contributed by atoms with Crippen molar-refractivity contribution in [1.82, 2.24) is 10.3 Å². The normalized spacial score (nSPS) is 22.0. The lowest BCUT2D eigenvalue weighted by molar-refractivity contribution is 0.192. The fourth-order valence-corrected chi connectivity index (χ4v) is 3.34. The molecule has 4 heteroatoms. The molecule has 1 saturated carbocycles. The van der Waals surface area contributed by atoms with Gasteiger partial charge in [-0.25, -0.2) is 0 Å². The predicted octanol–water partition coefficient (Wildman–Crippen LogP) is 2.03. The summed E-state index contributed by atoms with van der Waals surface area (Å²) in [7, 11) is 0. The van der Waals surface area contributed by atoms with Gasteiger partial charge in [-0.2, -0.15) is 0 Å². The van der Waals surface area contributed by atoms with E-state index in [-0.39, 0.29) is 12.2 Å². The quantitative estimate of drug-likeness (QED) is 0.788. The van der Waals surface area contributed by atoms with Gasteiger partial charge in [0.1, 0.15) is 0 Å². The minimum Gasteiger partial charge on any atom is -0.396 e. The SMILES string of the molecule is O=c1[nH]c2ccccc2cc1CNCC1CCCC1CO. The molecule has 3 rings (SSSR count). The summed E-state index contributed by atoms with van der Waals surface area (Å²) >= 11 is 0. The monoisotopic (exact) mass is 286 g/mol. The van der Waals surface area contributed by atoms with Crippen molar-refractivity contribution in [2.75, 3.05) is 13.2 Å². The highest BCUT2D eigenvalue weighted by atomic mass is 16.3. The summed E-state index contributed by atoms with van der Waals surface area (Å²) in [6.45, 7) is 1.73. The molecule has 0 radical (unpaired) electrons. The minimum atomic E-state index is -0.0219. The Bertz CT molecular complexity index is 665. The fraction of sp³-hybridized carbons (Fsp3) is 0.471. The molecule has 3 N–H and O–H groups in total. The Morgan fingerprint density at radius 1 is 1.24 bits per heavy atom. The lowest BCUT2D eigenvalue weighted by Gasteiger charge is -2.17. The van der Waals surface area contributed by atoms with Crippen LogP contribution in [0.5, 0.6) is 0 Å². The molecule has 4 nitrogen and oxygen atoms in total. The summed E-state index contributed by atoms with van der Waals surface area (Å²) in [6.07, 6.45) is 3.50. The van der Waals surface area contributed by atoms with Gasteiger partial charge in [0, 0.05) is 24.2 Å². The van der Waals surface area contributed by atoms with Gasteiger partial charge in [-0.1, -0.05) is 24.6 Å². The lowest BCUT2D eigenvalue weighted by Crippen LogP contribution is -2.28. The Kier molecular flexibility index (Phi) is 4.36. The minimum absolute atomic E-state index is 0.0219. The molecule has 112 valence electrons. The molecule has 2 aromatic rings. The molecule has 1 aromatic carbocycles. The Labute approximate surface area is 124 Å². The van der Waals surface area contributed by atoms with E-state index in [1.54, 1.807) is 0 Å². The van der Waals surface area contributed by atoms with Crippen molar-refractivity contribution < 1.29 is 5.11 Å². The van der Waals surface area contributed by atoms with E-state index in [9.17, 15) is 9.90 Å². The molecule has 0 bridgehead atoms. The number of hydrogen-bond donors (Lipinski definition) is 3. The zero-order valence-electron chi connectivity index (χ0n) is 12.1. The van der Waals surface area contributed by atoms with Gasteiger partial charge in [0.25, 0.3) is 5.56 Å². The first-order valence-electron chi connectivity index (χ1n) is 7.70. The summed E-state index contributed by atoms with van der Waals surface area (Å²) in [5.74, 6) is 0.960. The molecule has 0 amide bonds. The fourth-order valence-electron chi connectivity index (χ4n) is 3.34. The molecule has 0 spiro atoms. The number of nitrogens with one attached hydrogen (secondary N) is 2. The second-order valence-electron chi connectivity index (χ2n) is 5.98. The average molecular weight is 286 g/mol. The smallest absolute Gasteiger partial charge is 0.252 e. The van der Waals surface area contributed by atoms with Gasteiger partial charge in [0.2, 0.25) is 0 Å². The maximum absolute atomic E-state index is 12.0. The molecule has 0 aliphatic heterocycles. The van der Waals surface area contributed by atoms with Crippen molar-refractivity contribution in [3.05, 3.63) is 46.2 Å². The van der Waals surface area contributed by atoms with Gasteiger partial charge in [-0.05, 0) is 48.7 Å². The van der Waals surface area contributed by atoms with Crippen LogP contribution in [-0.2, 0) is 6.54 Å². The first kappa shape index (κ1) is 14.3. The van der Waals surface area contributed by atoms with Crippen LogP contribution in [0.3, 0.4) is 0 Å². The van der Waals surface area contributed by atoms with Crippen molar-refractivity contribution in [3.8, 4) is 0 Å². The standard InChI is InChI=1S/C17H22N2O2/c20-11-14-6-3-5-13(14)9-18-10-15-8-12-4-1-2-7-16(12)19-17(15)21/h1-2,4,7-8,13-14,18,20H,3,5-6,9-11H2,(H,19,21). The number of pyridine rings is 1. The van der Waals surface area contributed by atoms with E-state index in [1.807, 2.05) is 30.3 Å². The second kappa shape index (κ2) is 6.41. The molecule has 2 unspecified atom stereocenters. The number of H-pyrrole nitrogens is 1. The Hall–Kier alpha value is -1.65. The van der Waals surface area contributed by atoms with Crippen molar-refractivity contribution in [3.63, 3.8) is 0 Å². The third-order valence-corrected chi connectivity index (χ3v) is 4.60. The molecular formula is C17H22N2O2. The lowest BCUT2D eigenvalue weighted by atomic mass is 9.97. The molecular weight excluding hydrogens is 264 g/mol. The van der Waals surface area contributed by atoms with E-state index in [1.165, 1.54) is 12.8 Å². The van der Waals surface area contributed by atoms with Gasteiger partial charge in [-0.3, -0.25) is 4.79 Å². The summed E-state index contributed by atoms with van der Waals surface area (Å²) in [5.41, 5.74) is 1.63. The molecule has 1 heterocycles. The molecule has 1 aromatic heterocycles. The number of para-hydroxylation sites is 1. The average Bonchev–Trinajstić information content (AvgIpc) is 2.95. The number of aliphatic hydroxyl groups is 1. The van der Waals surface area contributed by atoms with Crippen molar-refractivity contribution in [2.24, 2.45) is 11.8 Å². The number of aromatic nitrogens is 1. The molecule has 1 aliphatic rings. The number of aliphatic hydroxyl groups excluding tert-OH is 1. The summed E-state index contributed by atoms with van der Waals surface area (Å²) in [5, 5.41) is 13.8. The van der Waals surface area contributed by atoms with Crippen LogP contribution in [0.15, 0.2) is 35.1 Å². The van der Waals surface area contributed by atoms with Gasteiger partial charge >= 0.3 is 0 Å². The first-order chi connectivity index (χ1) is 10.3.